The maximum Gasteiger partial charge on any atom is 0.251 e. The van der Waals surface area contributed by atoms with E-state index in [-0.39, 0.29) is 5.91 Å². The van der Waals surface area contributed by atoms with E-state index in [1.54, 1.807) is 12.1 Å². The Labute approximate surface area is 192 Å². The molecule has 0 bridgehead atoms. The van der Waals surface area contributed by atoms with Crippen molar-refractivity contribution in [2.45, 2.75) is 18.8 Å². The fraction of sp³-hybridized carbons (Fsp3) is 0.130. The number of carbonyl (C=O) groups excluding carboxylic acids is 1. The summed E-state index contributed by atoms with van der Waals surface area (Å²) >= 11 is 15.6. The van der Waals surface area contributed by atoms with Gasteiger partial charge in [-0.05, 0) is 65.1 Å². The minimum absolute atomic E-state index is 0.151. The van der Waals surface area contributed by atoms with Crippen LogP contribution in [0.2, 0.25) is 10.0 Å². The molecule has 0 aliphatic heterocycles. The molecule has 0 aliphatic carbocycles. The first kappa shape index (κ1) is 20.9. The number of nitrogens with zero attached hydrogens (tertiary/aromatic N) is 1. The van der Waals surface area contributed by atoms with Crippen molar-refractivity contribution >= 4 is 55.9 Å². The Hall–Kier alpha value is -2.34. The van der Waals surface area contributed by atoms with Gasteiger partial charge in [0.1, 0.15) is 0 Å². The van der Waals surface area contributed by atoms with E-state index < -0.39 is 0 Å². The molecule has 1 aromatic heterocycles. The van der Waals surface area contributed by atoms with Crippen molar-refractivity contribution in [2.75, 3.05) is 0 Å². The fourth-order valence-corrected chi connectivity index (χ4v) is 4.13. The van der Waals surface area contributed by atoms with Crippen LogP contribution < -0.4 is 5.32 Å². The van der Waals surface area contributed by atoms with Gasteiger partial charge >= 0.3 is 0 Å². The summed E-state index contributed by atoms with van der Waals surface area (Å²) in [7, 11) is 0. The minimum Gasteiger partial charge on any atom is -0.348 e. The van der Waals surface area contributed by atoms with Gasteiger partial charge in [0.25, 0.3) is 5.91 Å². The van der Waals surface area contributed by atoms with Crippen LogP contribution in [0.15, 0.2) is 54.7 Å². The van der Waals surface area contributed by atoms with E-state index >= 15 is 0 Å². The summed E-state index contributed by atoms with van der Waals surface area (Å²) in [5.41, 5.74) is 6.64. The van der Waals surface area contributed by atoms with Crippen LogP contribution in [0.25, 0.3) is 22.0 Å². The number of amides is 1. The Bertz CT molecular complexity index is 1250. The summed E-state index contributed by atoms with van der Waals surface area (Å²) in [5, 5.41) is 12.8. The number of aryl methyl sites for hydroxylation is 1. The van der Waals surface area contributed by atoms with E-state index in [9.17, 15) is 4.79 Å². The van der Waals surface area contributed by atoms with E-state index in [1.165, 1.54) is 0 Å². The number of hydrogen-bond donors (Lipinski definition) is 2. The number of carbonyl (C=O) groups is 1. The smallest absolute Gasteiger partial charge is 0.251 e. The van der Waals surface area contributed by atoms with Gasteiger partial charge in [0, 0.05) is 22.8 Å². The molecule has 0 atom stereocenters. The molecule has 4 nitrogen and oxygen atoms in total. The average Bonchev–Trinajstić information content (AvgIpc) is 3.22. The molecule has 0 spiro atoms. The molecule has 0 aliphatic rings. The summed E-state index contributed by atoms with van der Waals surface area (Å²) in [6.07, 6.45) is 1.82. The molecule has 152 valence electrons. The van der Waals surface area contributed by atoms with Gasteiger partial charge in [0.2, 0.25) is 0 Å². The van der Waals surface area contributed by atoms with Crippen LogP contribution in [0.4, 0.5) is 0 Å². The van der Waals surface area contributed by atoms with E-state index in [0.717, 1.165) is 38.7 Å². The maximum absolute atomic E-state index is 12.9. The third-order valence-corrected chi connectivity index (χ3v) is 6.35. The normalized spacial score (nSPS) is 11.1. The predicted molar refractivity (Wildman–Crippen MR) is 127 cm³/mol. The summed E-state index contributed by atoms with van der Waals surface area (Å²) in [6.45, 7) is 2.42. The van der Waals surface area contributed by atoms with Crippen molar-refractivity contribution in [1.29, 1.82) is 0 Å². The number of benzene rings is 3. The fourth-order valence-electron chi connectivity index (χ4n) is 3.49. The molecule has 0 fully saturated rings. The van der Waals surface area contributed by atoms with Gasteiger partial charge in [0.15, 0.2) is 0 Å². The second kappa shape index (κ2) is 8.80. The van der Waals surface area contributed by atoms with Gasteiger partial charge in [-0.25, -0.2) is 0 Å². The summed E-state index contributed by atoms with van der Waals surface area (Å²) < 4.78 is 0. The van der Waals surface area contributed by atoms with Crippen molar-refractivity contribution < 1.29 is 4.79 Å². The molecule has 7 heteroatoms. The predicted octanol–water partition coefficient (Wildman–Crippen LogP) is 6.67. The quantitative estimate of drug-likeness (QED) is 0.299. The summed E-state index contributed by atoms with van der Waals surface area (Å²) in [6, 6.07) is 15.3. The van der Waals surface area contributed by atoms with Crippen molar-refractivity contribution in [1.82, 2.24) is 15.5 Å². The molecular weight excluding hydrogens is 485 g/mol. The Kier molecular flexibility index (Phi) is 6.14. The first-order chi connectivity index (χ1) is 14.5. The van der Waals surface area contributed by atoms with E-state index in [4.69, 9.17) is 23.2 Å². The van der Waals surface area contributed by atoms with Crippen LogP contribution in [-0.2, 0) is 11.9 Å². The first-order valence-corrected chi connectivity index (χ1v) is 11.2. The second-order valence-electron chi connectivity index (χ2n) is 7.07. The number of halogens is 3. The molecule has 3 aromatic carbocycles. The van der Waals surface area contributed by atoms with Crippen molar-refractivity contribution in [3.63, 3.8) is 0 Å². The number of H-pyrrole nitrogens is 1. The van der Waals surface area contributed by atoms with Gasteiger partial charge in [0.05, 0.1) is 21.8 Å². The largest absolute Gasteiger partial charge is 0.348 e. The average molecular weight is 503 g/mol. The van der Waals surface area contributed by atoms with Crippen LogP contribution in [0.5, 0.6) is 0 Å². The molecule has 4 rings (SSSR count). The van der Waals surface area contributed by atoms with E-state index in [2.05, 4.69) is 50.5 Å². The minimum atomic E-state index is -0.151. The maximum atomic E-state index is 12.9. The molecule has 0 unspecified atom stereocenters. The number of hydrogen-bond acceptors (Lipinski definition) is 2. The summed E-state index contributed by atoms with van der Waals surface area (Å²) in [4.78, 5) is 12.9. The lowest BCUT2D eigenvalue weighted by Gasteiger charge is -2.13. The second-order valence-corrected chi connectivity index (χ2v) is 8.45. The molecule has 0 saturated heterocycles. The Morgan fingerprint density at radius 3 is 2.67 bits per heavy atom. The van der Waals surface area contributed by atoms with E-state index in [1.807, 2.05) is 30.5 Å². The van der Waals surface area contributed by atoms with Gasteiger partial charge in [-0.15, -0.1) is 0 Å². The lowest BCUT2D eigenvalue weighted by molar-refractivity contribution is 0.0951. The third-order valence-electron chi connectivity index (χ3n) is 4.97. The highest BCUT2D eigenvalue weighted by molar-refractivity contribution is 9.08. The van der Waals surface area contributed by atoms with Crippen LogP contribution in [0, 0.1) is 6.92 Å². The van der Waals surface area contributed by atoms with Gasteiger partial charge in [-0.2, -0.15) is 5.10 Å². The van der Waals surface area contributed by atoms with E-state index in [0.29, 0.717) is 27.5 Å². The van der Waals surface area contributed by atoms with Crippen molar-refractivity contribution in [3.05, 3.63) is 87.0 Å². The standard InChI is InChI=1S/C23H18BrCl2N3O/c1-13-2-5-21-18(12-28-29-21)22(13)16-6-15(10-24)7-17(9-16)23(30)27-11-14-3-4-19(25)20(26)8-14/h2-9,12H,10-11H2,1H3,(H,27,30)(H,28,29). The lowest BCUT2D eigenvalue weighted by atomic mass is 9.94. The number of fused-ring (bicyclic) bond motifs is 1. The van der Waals surface area contributed by atoms with Crippen molar-refractivity contribution in [3.8, 4) is 11.1 Å². The number of rotatable bonds is 5. The number of aromatic amines is 1. The Morgan fingerprint density at radius 2 is 1.90 bits per heavy atom. The molecule has 1 heterocycles. The zero-order chi connectivity index (χ0) is 21.3. The molecule has 0 radical (unpaired) electrons. The van der Waals surface area contributed by atoms with Crippen molar-refractivity contribution in [2.24, 2.45) is 0 Å². The number of nitrogens with one attached hydrogen (secondary N) is 2. The molecular formula is C23H18BrCl2N3O. The molecule has 4 aromatic rings. The number of aromatic nitrogens is 2. The zero-order valence-electron chi connectivity index (χ0n) is 16.1. The third kappa shape index (κ3) is 4.24. The lowest BCUT2D eigenvalue weighted by Crippen LogP contribution is -2.23. The highest BCUT2D eigenvalue weighted by atomic mass is 79.9. The van der Waals surface area contributed by atoms with Crippen LogP contribution in [0.1, 0.15) is 27.0 Å². The molecule has 0 saturated carbocycles. The van der Waals surface area contributed by atoms with Crippen LogP contribution >= 0.6 is 39.1 Å². The van der Waals surface area contributed by atoms with Crippen LogP contribution in [0.3, 0.4) is 0 Å². The Morgan fingerprint density at radius 1 is 1.07 bits per heavy atom. The van der Waals surface area contributed by atoms with Gasteiger partial charge in [-0.1, -0.05) is 57.3 Å². The SMILES string of the molecule is Cc1ccc2[nH]ncc2c1-c1cc(CBr)cc(C(=O)NCc2ccc(Cl)c(Cl)c2)c1. The van der Waals surface area contributed by atoms with Crippen LogP contribution in [-0.4, -0.2) is 16.1 Å². The summed E-state index contributed by atoms with van der Waals surface area (Å²) in [5.74, 6) is -0.151. The van der Waals surface area contributed by atoms with Gasteiger partial charge in [-0.3, -0.25) is 9.89 Å². The molecule has 2 N–H and O–H groups in total. The highest BCUT2D eigenvalue weighted by Gasteiger charge is 2.14. The monoisotopic (exact) mass is 501 g/mol. The number of alkyl halides is 1. The molecule has 1 amide bonds. The topological polar surface area (TPSA) is 57.8 Å². The highest BCUT2D eigenvalue weighted by Crippen LogP contribution is 2.33. The van der Waals surface area contributed by atoms with Gasteiger partial charge < -0.3 is 5.32 Å². The Balaban J connectivity index is 1.67. The first-order valence-electron chi connectivity index (χ1n) is 9.31. The molecule has 30 heavy (non-hydrogen) atoms. The zero-order valence-corrected chi connectivity index (χ0v) is 19.2.